The number of nitrogens with one attached hydrogen (secondary N) is 2. The van der Waals surface area contributed by atoms with Gasteiger partial charge >= 0.3 is 0 Å². The molecule has 2 N–H and O–H groups in total. The standard InChI is InChI=1S/C15H20N4O/c1-11(2)19-10-14(9-18-19)17-8-12-4-6-13(7-5-12)15(20)16-3/h4-7,9-11,17H,8H2,1-3H3,(H,16,20). The van der Waals surface area contributed by atoms with E-state index in [9.17, 15) is 4.79 Å². The summed E-state index contributed by atoms with van der Waals surface area (Å²) in [4.78, 5) is 11.4. The van der Waals surface area contributed by atoms with E-state index >= 15 is 0 Å². The van der Waals surface area contributed by atoms with Crippen LogP contribution in [0.2, 0.25) is 0 Å². The van der Waals surface area contributed by atoms with Crippen molar-refractivity contribution >= 4 is 11.6 Å². The molecule has 2 aromatic rings. The zero-order valence-corrected chi connectivity index (χ0v) is 12.1. The van der Waals surface area contributed by atoms with Crippen LogP contribution in [0.3, 0.4) is 0 Å². The van der Waals surface area contributed by atoms with Gasteiger partial charge in [-0.15, -0.1) is 0 Å². The van der Waals surface area contributed by atoms with Crippen LogP contribution in [0.15, 0.2) is 36.7 Å². The summed E-state index contributed by atoms with van der Waals surface area (Å²) in [7, 11) is 1.63. The van der Waals surface area contributed by atoms with E-state index in [2.05, 4.69) is 29.6 Å². The highest BCUT2D eigenvalue weighted by Gasteiger charge is 2.03. The van der Waals surface area contributed by atoms with Gasteiger partial charge in [0.1, 0.15) is 0 Å². The van der Waals surface area contributed by atoms with Gasteiger partial charge in [0.05, 0.1) is 11.9 Å². The molecule has 5 nitrogen and oxygen atoms in total. The van der Waals surface area contributed by atoms with Crippen molar-refractivity contribution in [3.63, 3.8) is 0 Å². The SMILES string of the molecule is CNC(=O)c1ccc(CNc2cnn(C(C)C)c2)cc1. The lowest BCUT2D eigenvalue weighted by molar-refractivity contribution is 0.0963. The molecule has 1 heterocycles. The Kier molecular flexibility index (Phi) is 4.40. The van der Waals surface area contributed by atoms with Crippen LogP contribution < -0.4 is 10.6 Å². The van der Waals surface area contributed by atoms with Crippen LogP contribution in [0.5, 0.6) is 0 Å². The van der Waals surface area contributed by atoms with E-state index < -0.39 is 0 Å². The van der Waals surface area contributed by atoms with E-state index in [1.165, 1.54) is 0 Å². The fourth-order valence-electron chi connectivity index (χ4n) is 1.83. The molecule has 0 bridgehead atoms. The molecule has 0 saturated carbocycles. The molecular formula is C15H20N4O. The Morgan fingerprint density at radius 3 is 2.55 bits per heavy atom. The van der Waals surface area contributed by atoms with Crippen molar-refractivity contribution < 1.29 is 4.79 Å². The third-order valence-corrected chi connectivity index (χ3v) is 3.07. The lowest BCUT2D eigenvalue weighted by Crippen LogP contribution is -2.17. The number of carbonyl (C=O) groups excluding carboxylic acids is 1. The Bertz CT molecular complexity index is 572. The van der Waals surface area contributed by atoms with Crippen molar-refractivity contribution in [3.05, 3.63) is 47.8 Å². The van der Waals surface area contributed by atoms with Crippen LogP contribution in [0.4, 0.5) is 5.69 Å². The smallest absolute Gasteiger partial charge is 0.251 e. The molecule has 0 aliphatic rings. The maximum Gasteiger partial charge on any atom is 0.251 e. The van der Waals surface area contributed by atoms with E-state index in [0.717, 1.165) is 11.3 Å². The topological polar surface area (TPSA) is 59.0 Å². The van der Waals surface area contributed by atoms with Crippen molar-refractivity contribution in [2.75, 3.05) is 12.4 Å². The normalized spacial score (nSPS) is 10.6. The van der Waals surface area contributed by atoms with Crippen molar-refractivity contribution in [2.24, 2.45) is 0 Å². The van der Waals surface area contributed by atoms with Crippen molar-refractivity contribution in [2.45, 2.75) is 26.4 Å². The highest BCUT2D eigenvalue weighted by molar-refractivity contribution is 5.93. The van der Waals surface area contributed by atoms with Gasteiger partial charge in [-0.3, -0.25) is 9.48 Å². The zero-order chi connectivity index (χ0) is 14.5. The molecule has 0 atom stereocenters. The number of hydrogen-bond acceptors (Lipinski definition) is 3. The van der Waals surface area contributed by atoms with Crippen molar-refractivity contribution in [1.29, 1.82) is 0 Å². The number of aromatic nitrogens is 2. The van der Waals surface area contributed by atoms with Gasteiger partial charge in [-0.25, -0.2) is 0 Å². The molecule has 1 aromatic heterocycles. The largest absolute Gasteiger partial charge is 0.378 e. The second-order valence-corrected chi connectivity index (χ2v) is 4.93. The first kappa shape index (κ1) is 14.1. The summed E-state index contributed by atoms with van der Waals surface area (Å²) in [5, 5.41) is 10.2. The van der Waals surface area contributed by atoms with E-state index in [-0.39, 0.29) is 5.91 Å². The van der Waals surface area contributed by atoms with Gasteiger partial charge in [0.2, 0.25) is 0 Å². The molecule has 1 aromatic carbocycles. The lowest BCUT2D eigenvalue weighted by atomic mass is 10.1. The minimum absolute atomic E-state index is 0.0669. The van der Waals surface area contributed by atoms with Crippen LogP contribution in [-0.4, -0.2) is 22.7 Å². The molecular weight excluding hydrogens is 252 g/mol. The first-order valence-electron chi connectivity index (χ1n) is 6.69. The highest BCUT2D eigenvalue weighted by atomic mass is 16.1. The maximum atomic E-state index is 11.4. The Morgan fingerprint density at radius 1 is 1.30 bits per heavy atom. The predicted molar refractivity (Wildman–Crippen MR) is 79.8 cm³/mol. The van der Waals surface area contributed by atoms with Gasteiger partial charge in [-0.1, -0.05) is 12.1 Å². The fraction of sp³-hybridized carbons (Fsp3) is 0.333. The number of hydrogen-bond donors (Lipinski definition) is 2. The molecule has 0 spiro atoms. The number of rotatable bonds is 5. The number of nitrogens with zero attached hydrogens (tertiary/aromatic N) is 2. The Balaban J connectivity index is 1.95. The summed E-state index contributed by atoms with van der Waals surface area (Å²) >= 11 is 0. The van der Waals surface area contributed by atoms with Gasteiger partial charge in [-0.2, -0.15) is 5.10 Å². The highest BCUT2D eigenvalue weighted by Crippen LogP contribution is 2.12. The maximum absolute atomic E-state index is 11.4. The monoisotopic (exact) mass is 272 g/mol. The number of amides is 1. The third kappa shape index (κ3) is 3.38. The number of carbonyl (C=O) groups is 1. The molecule has 0 aliphatic heterocycles. The summed E-state index contributed by atoms with van der Waals surface area (Å²) in [6.07, 6.45) is 3.81. The average molecular weight is 272 g/mol. The van der Waals surface area contributed by atoms with Crippen LogP contribution in [0, 0.1) is 0 Å². The molecule has 0 aliphatic carbocycles. The molecule has 106 valence electrons. The first-order chi connectivity index (χ1) is 9.60. The van der Waals surface area contributed by atoms with Crippen molar-refractivity contribution in [3.8, 4) is 0 Å². The van der Waals surface area contributed by atoms with Crippen molar-refractivity contribution in [1.82, 2.24) is 15.1 Å². The molecule has 5 heteroatoms. The van der Waals surface area contributed by atoms with Gasteiger partial charge in [0.25, 0.3) is 5.91 Å². The number of benzene rings is 1. The molecule has 0 saturated heterocycles. The average Bonchev–Trinajstić information content (AvgIpc) is 2.94. The lowest BCUT2D eigenvalue weighted by Gasteiger charge is -2.06. The molecule has 2 rings (SSSR count). The Morgan fingerprint density at radius 2 is 2.00 bits per heavy atom. The van der Waals surface area contributed by atoms with Gasteiger partial charge < -0.3 is 10.6 Å². The first-order valence-corrected chi connectivity index (χ1v) is 6.69. The van der Waals surface area contributed by atoms with Crippen LogP contribution >= 0.6 is 0 Å². The summed E-state index contributed by atoms with van der Waals surface area (Å²) in [6.45, 7) is 4.89. The number of anilines is 1. The van der Waals surface area contributed by atoms with Gasteiger partial charge in [0, 0.05) is 31.4 Å². The summed E-state index contributed by atoms with van der Waals surface area (Å²) in [5.74, 6) is -0.0669. The predicted octanol–water partition coefficient (Wildman–Crippen LogP) is 2.44. The molecule has 1 amide bonds. The third-order valence-electron chi connectivity index (χ3n) is 3.07. The van der Waals surface area contributed by atoms with Crippen LogP contribution in [-0.2, 0) is 6.54 Å². The van der Waals surface area contributed by atoms with E-state index in [0.29, 0.717) is 18.2 Å². The Labute approximate surface area is 119 Å². The minimum Gasteiger partial charge on any atom is -0.378 e. The molecule has 20 heavy (non-hydrogen) atoms. The second kappa shape index (κ2) is 6.23. The van der Waals surface area contributed by atoms with Gasteiger partial charge in [-0.05, 0) is 31.5 Å². The Hall–Kier alpha value is -2.30. The molecule has 0 radical (unpaired) electrons. The van der Waals surface area contributed by atoms with Gasteiger partial charge in [0.15, 0.2) is 0 Å². The van der Waals surface area contributed by atoms with Crippen LogP contribution in [0.25, 0.3) is 0 Å². The summed E-state index contributed by atoms with van der Waals surface area (Å²) in [6, 6.07) is 7.91. The quantitative estimate of drug-likeness (QED) is 0.879. The second-order valence-electron chi connectivity index (χ2n) is 4.93. The summed E-state index contributed by atoms with van der Waals surface area (Å²) < 4.78 is 1.91. The van der Waals surface area contributed by atoms with E-state index in [1.54, 1.807) is 7.05 Å². The van der Waals surface area contributed by atoms with Crippen LogP contribution in [0.1, 0.15) is 35.8 Å². The molecule has 0 fully saturated rings. The van der Waals surface area contributed by atoms with E-state index in [1.807, 2.05) is 41.3 Å². The van der Waals surface area contributed by atoms with E-state index in [4.69, 9.17) is 0 Å². The summed E-state index contributed by atoms with van der Waals surface area (Å²) in [5.41, 5.74) is 2.79. The fourth-order valence-corrected chi connectivity index (χ4v) is 1.83. The zero-order valence-electron chi connectivity index (χ0n) is 12.1. The minimum atomic E-state index is -0.0669. The molecule has 0 unspecified atom stereocenters.